The van der Waals surface area contributed by atoms with Crippen LogP contribution in [-0.4, -0.2) is 34.9 Å². The Morgan fingerprint density at radius 2 is 1.92 bits per heavy atom. The van der Waals surface area contributed by atoms with Crippen LogP contribution in [0.2, 0.25) is 0 Å². The summed E-state index contributed by atoms with van der Waals surface area (Å²) >= 11 is 0. The van der Waals surface area contributed by atoms with Crippen LogP contribution in [0.15, 0.2) is 48.5 Å². The van der Waals surface area contributed by atoms with Gasteiger partial charge in [0.25, 0.3) is 11.6 Å². The van der Waals surface area contributed by atoms with Crippen LogP contribution >= 0.6 is 0 Å². The maximum absolute atomic E-state index is 13.3. The van der Waals surface area contributed by atoms with E-state index < -0.39 is 4.92 Å². The van der Waals surface area contributed by atoms with Crippen LogP contribution in [0.25, 0.3) is 0 Å². The van der Waals surface area contributed by atoms with E-state index in [1.54, 1.807) is 12.1 Å². The molecule has 1 aliphatic heterocycles. The largest absolute Gasteiger partial charge is 0.349 e. The zero-order valence-electron chi connectivity index (χ0n) is 14.2. The molecule has 1 aliphatic rings. The lowest BCUT2D eigenvalue weighted by atomic mass is 10.0. The van der Waals surface area contributed by atoms with E-state index in [9.17, 15) is 19.3 Å². The van der Waals surface area contributed by atoms with Gasteiger partial charge in [-0.3, -0.25) is 19.8 Å². The van der Waals surface area contributed by atoms with Crippen LogP contribution in [-0.2, 0) is 6.54 Å². The molecule has 1 fully saturated rings. The molecule has 136 valence electrons. The summed E-state index contributed by atoms with van der Waals surface area (Å²) in [6.45, 7) is 2.29. The lowest BCUT2D eigenvalue weighted by Gasteiger charge is -2.32. The fourth-order valence-corrected chi connectivity index (χ4v) is 3.16. The minimum Gasteiger partial charge on any atom is -0.349 e. The Morgan fingerprint density at radius 1 is 1.19 bits per heavy atom. The number of hydrogen-bond donors (Lipinski definition) is 1. The molecule has 2 aromatic carbocycles. The fourth-order valence-electron chi connectivity index (χ4n) is 3.16. The lowest BCUT2D eigenvalue weighted by Crippen LogP contribution is -2.44. The number of carbonyl (C=O) groups excluding carboxylic acids is 1. The number of amides is 1. The standard InChI is InChI=1S/C19H20FN3O3/c20-16-5-1-3-14(11-16)13-22-9-7-17(8-10-22)21-19(24)15-4-2-6-18(12-15)23(25)26/h1-6,11-12,17H,7-10,13H2,(H,21,24). The second kappa shape index (κ2) is 8.05. The minimum atomic E-state index is -0.512. The Morgan fingerprint density at radius 3 is 2.62 bits per heavy atom. The molecule has 1 heterocycles. The molecule has 1 saturated heterocycles. The molecule has 2 aromatic rings. The molecule has 0 spiro atoms. The van der Waals surface area contributed by atoms with E-state index in [0.29, 0.717) is 12.1 Å². The van der Waals surface area contributed by atoms with Crippen LogP contribution in [0.4, 0.5) is 10.1 Å². The molecule has 0 aliphatic carbocycles. The van der Waals surface area contributed by atoms with E-state index in [4.69, 9.17) is 0 Å². The molecule has 7 heteroatoms. The first-order chi connectivity index (χ1) is 12.5. The van der Waals surface area contributed by atoms with Crippen LogP contribution in [0.5, 0.6) is 0 Å². The van der Waals surface area contributed by atoms with Gasteiger partial charge in [-0.2, -0.15) is 0 Å². The summed E-state index contributed by atoms with van der Waals surface area (Å²) in [7, 11) is 0. The third-order valence-electron chi connectivity index (χ3n) is 4.54. The number of rotatable bonds is 5. The van der Waals surface area contributed by atoms with Gasteiger partial charge in [0.1, 0.15) is 5.82 Å². The highest BCUT2D eigenvalue weighted by Gasteiger charge is 2.22. The molecule has 0 saturated carbocycles. The zero-order chi connectivity index (χ0) is 18.5. The van der Waals surface area contributed by atoms with E-state index in [1.165, 1.54) is 30.3 Å². The molecule has 3 rings (SSSR count). The molecular weight excluding hydrogens is 337 g/mol. The SMILES string of the molecule is O=C(NC1CCN(Cc2cccc(F)c2)CC1)c1cccc([N+](=O)[O-])c1. The second-order valence-corrected chi connectivity index (χ2v) is 6.46. The van der Waals surface area contributed by atoms with Crippen LogP contribution in [0.1, 0.15) is 28.8 Å². The third-order valence-corrected chi connectivity index (χ3v) is 4.54. The number of carbonyl (C=O) groups is 1. The van der Waals surface area contributed by atoms with Crippen molar-refractivity contribution in [2.45, 2.75) is 25.4 Å². The Hall–Kier alpha value is -2.80. The Kier molecular flexibility index (Phi) is 5.58. The molecule has 0 unspecified atom stereocenters. The number of nitro groups is 1. The average Bonchev–Trinajstić information content (AvgIpc) is 2.63. The summed E-state index contributed by atoms with van der Waals surface area (Å²) in [6.07, 6.45) is 1.58. The van der Waals surface area contributed by atoms with Gasteiger partial charge in [-0.1, -0.05) is 18.2 Å². The van der Waals surface area contributed by atoms with Crippen molar-refractivity contribution >= 4 is 11.6 Å². The third kappa shape index (κ3) is 4.64. The van der Waals surface area contributed by atoms with Gasteiger partial charge >= 0.3 is 0 Å². The number of halogens is 1. The predicted octanol–water partition coefficient (Wildman–Crippen LogP) is 3.13. The van der Waals surface area contributed by atoms with Crippen molar-refractivity contribution in [1.29, 1.82) is 0 Å². The fraction of sp³-hybridized carbons (Fsp3) is 0.316. The smallest absolute Gasteiger partial charge is 0.270 e. The Balaban J connectivity index is 1.51. The van der Waals surface area contributed by atoms with Gasteiger partial charge in [0.05, 0.1) is 4.92 Å². The van der Waals surface area contributed by atoms with E-state index >= 15 is 0 Å². The normalized spacial score (nSPS) is 15.6. The van der Waals surface area contributed by atoms with Gasteiger partial charge in [0, 0.05) is 43.4 Å². The number of nitrogens with one attached hydrogen (secondary N) is 1. The molecule has 0 bridgehead atoms. The summed E-state index contributed by atoms with van der Waals surface area (Å²) in [4.78, 5) is 24.8. The molecule has 0 atom stereocenters. The summed E-state index contributed by atoms with van der Waals surface area (Å²) in [5, 5.41) is 13.8. The first kappa shape index (κ1) is 18.0. The van der Waals surface area contributed by atoms with Gasteiger partial charge in [-0.05, 0) is 36.6 Å². The van der Waals surface area contributed by atoms with E-state index in [2.05, 4.69) is 10.2 Å². The van der Waals surface area contributed by atoms with Crippen molar-refractivity contribution in [3.63, 3.8) is 0 Å². The first-order valence-corrected chi connectivity index (χ1v) is 8.53. The van der Waals surface area contributed by atoms with Gasteiger partial charge in [-0.25, -0.2) is 4.39 Å². The summed E-state index contributed by atoms with van der Waals surface area (Å²) < 4.78 is 13.3. The maximum Gasteiger partial charge on any atom is 0.270 e. The van der Waals surface area contributed by atoms with E-state index in [-0.39, 0.29) is 23.5 Å². The van der Waals surface area contributed by atoms with Gasteiger partial charge in [-0.15, -0.1) is 0 Å². The number of likely N-dealkylation sites (tertiary alicyclic amines) is 1. The predicted molar refractivity (Wildman–Crippen MR) is 95.3 cm³/mol. The summed E-state index contributed by atoms with van der Waals surface area (Å²) in [5.41, 5.74) is 1.13. The van der Waals surface area contributed by atoms with Gasteiger partial charge in [0.2, 0.25) is 0 Å². The average molecular weight is 357 g/mol. The first-order valence-electron chi connectivity index (χ1n) is 8.53. The van der Waals surface area contributed by atoms with Crippen LogP contribution in [0.3, 0.4) is 0 Å². The van der Waals surface area contributed by atoms with E-state index in [1.807, 2.05) is 6.07 Å². The second-order valence-electron chi connectivity index (χ2n) is 6.46. The summed E-state index contributed by atoms with van der Waals surface area (Å²) in [5.74, 6) is -0.529. The van der Waals surface area contributed by atoms with Crippen molar-refractivity contribution in [1.82, 2.24) is 10.2 Å². The Bertz CT molecular complexity index is 804. The Labute approximate surface area is 150 Å². The molecule has 26 heavy (non-hydrogen) atoms. The number of piperidine rings is 1. The highest BCUT2D eigenvalue weighted by atomic mass is 19.1. The van der Waals surface area contributed by atoms with Gasteiger partial charge in [0.15, 0.2) is 0 Å². The molecule has 6 nitrogen and oxygen atoms in total. The van der Waals surface area contributed by atoms with Crippen molar-refractivity contribution in [3.05, 3.63) is 75.6 Å². The lowest BCUT2D eigenvalue weighted by molar-refractivity contribution is -0.384. The van der Waals surface area contributed by atoms with Crippen molar-refractivity contribution in [2.75, 3.05) is 13.1 Å². The quantitative estimate of drug-likeness (QED) is 0.659. The van der Waals surface area contributed by atoms with Gasteiger partial charge < -0.3 is 5.32 Å². The van der Waals surface area contributed by atoms with Crippen molar-refractivity contribution in [3.8, 4) is 0 Å². The van der Waals surface area contributed by atoms with Crippen LogP contribution in [0, 0.1) is 15.9 Å². The number of nitro benzene ring substituents is 1. The molecule has 1 N–H and O–H groups in total. The molecule has 0 radical (unpaired) electrons. The van der Waals surface area contributed by atoms with E-state index in [0.717, 1.165) is 31.5 Å². The minimum absolute atomic E-state index is 0.0329. The molecule has 1 amide bonds. The monoisotopic (exact) mass is 357 g/mol. The number of benzene rings is 2. The van der Waals surface area contributed by atoms with Crippen LogP contribution < -0.4 is 5.32 Å². The number of hydrogen-bond acceptors (Lipinski definition) is 4. The highest BCUT2D eigenvalue weighted by molar-refractivity contribution is 5.95. The molecular formula is C19H20FN3O3. The van der Waals surface area contributed by atoms with Crippen molar-refractivity contribution < 1.29 is 14.1 Å². The topological polar surface area (TPSA) is 75.5 Å². The van der Waals surface area contributed by atoms with Crippen molar-refractivity contribution in [2.24, 2.45) is 0 Å². The highest BCUT2D eigenvalue weighted by Crippen LogP contribution is 2.17. The summed E-state index contributed by atoms with van der Waals surface area (Å²) in [6, 6.07) is 12.3. The number of nitrogens with zero attached hydrogens (tertiary/aromatic N) is 2. The number of non-ortho nitro benzene ring substituents is 1. The maximum atomic E-state index is 13.3. The zero-order valence-corrected chi connectivity index (χ0v) is 14.2. The molecule has 0 aromatic heterocycles.